The van der Waals surface area contributed by atoms with Crippen molar-refractivity contribution in [2.45, 2.75) is 31.2 Å². The highest BCUT2D eigenvalue weighted by Gasteiger charge is 2.33. The maximum atomic E-state index is 5.81. The van der Waals surface area contributed by atoms with E-state index in [0.717, 1.165) is 35.4 Å². The zero-order chi connectivity index (χ0) is 23.4. The second-order valence-electron chi connectivity index (χ2n) is 7.94. The summed E-state index contributed by atoms with van der Waals surface area (Å²) in [5.41, 5.74) is 5.14. The molecule has 0 fully saturated rings. The van der Waals surface area contributed by atoms with Gasteiger partial charge in [-0.2, -0.15) is 4.98 Å². The van der Waals surface area contributed by atoms with E-state index in [2.05, 4.69) is 59.7 Å². The molecule has 0 aliphatic carbocycles. The number of thiocarbonyl (C=S) groups is 1. The van der Waals surface area contributed by atoms with Crippen LogP contribution >= 0.6 is 24.0 Å². The van der Waals surface area contributed by atoms with Gasteiger partial charge < -0.3 is 19.5 Å². The Hall–Kier alpha value is -2.68. The van der Waals surface area contributed by atoms with Crippen LogP contribution in [0.3, 0.4) is 0 Å². The summed E-state index contributed by atoms with van der Waals surface area (Å²) in [6.07, 6.45) is 2.93. The van der Waals surface area contributed by atoms with E-state index in [-0.39, 0.29) is 6.04 Å². The van der Waals surface area contributed by atoms with Crippen LogP contribution in [0.5, 0.6) is 0 Å². The zero-order valence-corrected chi connectivity index (χ0v) is 20.9. The van der Waals surface area contributed by atoms with Crippen LogP contribution in [0.1, 0.15) is 36.4 Å². The maximum Gasteiger partial charge on any atom is 0.258 e. The molecule has 0 amide bonds. The molecule has 1 aromatic heterocycles. The Morgan fingerprint density at radius 3 is 2.52 bits per heavy atom. The monoisotopic (exact) mass is 480 g/mol. The summed E-state index contributed by atoms with van der Waals surface area (Å²) in [5, 5.41) is 8.47. The Morgan fingerprint density at radius 1 is 1.12 bits per heavy atom. The molecule has 1 unspecified atom stereocenters. The fraction of sp³-hybridized carbons (Fsp3) is 0.320. The van der Waals surface area contributed by atoms with Gasteiger partial charge in [0.05, 0.1) is 11.6 Å². The molecular weight excluding hydrogens is 452 g/mol. The van der Waals surface area contributed by atoms with Crippen LogP contribution in [0, 0.1) is 6.92 Å². The normalized spacial score (nSPS) is 16.3. The van der Waals surface area contributed by atoms with Crippen molar-refractivity contribution in [2.24, 2.45) is 0 Å². The van der Waals surface area contributed by atoms with Crippen molar-refractivity contribution in [2.75, 3.05) is 26.5 Å². The standard InChI is InChI=1S/C25H28N4O2S2/c1-16-6-8-19(9-7-16)23-27-24(31-28-23)21-17(2)29(14-5-15-30-3)25(32)26-22(21)18-10-12-20(33-4)13-11-18/h6-13,22H,5,14-15H2,1-4H3,(H,26,32). The summed E-state index contributed by atoms with van der Waals surface area (Å²) in [6, 6.07) is 16.4. The highest BCUT2D eigenvalue weighted by molar-refractivity contribution is 7.98. The molecule has 1 aliphatic rings. The Morgan fingerprint density at radius 2 is 1.85 bits per heavy atom. The number of nitrogens with one attached hydrogen (secondary N) is 1. The molecule has 1 N–H and O–H groups in total. The van der Waals surface area contributed by atoms with Gasteiger partial charge in [-0.1, -0.05) is 47.1 Å². The van der Waals surface area contributed by atoms with E-state index < -0.39 is 0 Å². The van der Waals surface area contributed by atoms with E-state index in [9.17, 15) is 0 Å². The van der Waals surface area contributed by atoms with Gasteiger partial charge >= 0.3 is 0 Å². The Bertz CT molecular complexity index is 1140. The molecule has 33 heavy (non-hydrogen) atoms. The SMILES string of the molecule is COCCCN1C(=S)NC(c2ccc(SC)cc2)C(c2nc(-c3ccc(C)cc3)no2)=C1C. The molecule has 0 bridgehead atoms. The molecule has 1 aliphatic heterocycles. The van der Waals surface area contributed by atoms with Crippen molar-refractivity contribution in [3.05, 3.63) is 71.2 Å². The Labute approximate surface area is 204 Å². The van der Waals surface area contributed by atoms with E-state index >= 15 is 0 Å². The molecule has 1 atom stereocenters. The second kappa shape index (κ2) is 10.5. The molecular formula is C25H28N4O2S2. The summed E-state index contributed by atoms with van der Waals surface area (Å²) in [7, 11) is 1.71. The lowest BCUT2D eigenvalue weighted by Crippen LogP contribution is -2.46. The first-order valence-electron chi connectivity index (χ1n) is 10.8. The molecule has 0 spiro atoms. The number of hydrogen-bond donors (Lipinski definition) is 1. The maximum absolute atomic E-state index is 5.81. The lowest BCUT2D eigenvalue weighted by atomic mass is 9.95. The second-order valence-corrected chi connectivity index (χ2v) is 9.21. The van der Waals surface area contributed by atoms with Crippen LogP contribution < -0.4 is 5.32 Å². The lowest BCUT2D eigenvalue weighted by Gasteiger charge is -2.37. The van der Waals surface area contributed by atoms with Gasteiger partial charge in [-0.05, 0) is 56.4 Å². The molecule has 0 saturated carbocycles. The summed E-state index contributed by atoms with van der Waals surface area (Å²) >= 11 is 7.46. The number of ether oxygens (including phenoxy) is 1. The third-order valence-corrected chi connectivity index (χ3v) is 6.82. The summed E-state index contributed by atoms with van der Waals surface area (Å²) in [5.74, 6) is 1.06. The van der Waals surface area contributed by atoms with Gasteiger partial charge in [-0.15, -0.1) is 11.8 Å². The van der Waals surface area contributed by atoms with Crippen molar-refractivity contribution >= 4 is 34.7 Å². The van der Waals surface area contributed by atoms with Gasteiger partial charge in [0.15, 0.2) is 5.11 Å². The van der Waals surface area contributed by atoms with Gasteiger partial charge in [-0.25, -0.2) is 0 Å². The smallest absolute Gasteiger partial charge is 0.258 e. The van der Waals surface area contributed by atoms with E-state index in [1.165, 1.54) is 10.5 Å². The first kappa shape index (κ1) is 23.5. The van der Waals surface area contributed by atoms with E-state index in [0.29, 0.717) is 23.4 Å². The largest absolute Gasteiger partial charge is 0.385 e. The minimum absolute atomic E-state index is 0.182. The molecule has 4 rings (SSSR count). The van der Waals surface area contributed by atoms with Crippen LogP contribution in [0.15, 0.2) is 63.6 Å². The minimum Gasteiger partial charge on any atom is -0.385 e. The fourth-order valence-electron chi connectivity index (χ4n) is 3.89. The van der Waals surface area contributed by atoms with Crippen molar-refractivity contribution in [1.29, 1.82) is 0 Å². The third-order valence-electron chi connectivity index (χ3n) is 5.74. The molecule has 2 aromatic carbocycles. The molecule has 2 heterocycles. The summed E-state index contributed by atoms with van der Waals surface area (Å²) in [4.78, 5) is 8.07. The Kier molecular flexibility index (Phi) is 7.47. The summed E-state index contributed by atoms with van der Waals surface area (Å²) < 4.78 is 11.0. The van der Waals surface area contributed by atoms with Crippen LogP contribution in [0.25, 0.3) is 17.0 Å². The van der Waals surface area contributed by atoms with Crippen LogP contribution in [0.4, 0.5) is 0 Å². The molecule has 0 radical (unpaired) electrons. The topological polar surface area (TPSA) is 63.4 Å². The fourth-order valence-corrected chi connectivity index (χ4v) is 4.65. The van der Waals surface area contributed by atoms with E-state index in [1.54, 1.807) is 18.9 Å². The number of benzene rings is 2. The highest BCUT2D eigenvalue weighted by Crippen LogP contribution is 2.38. The lowest BCUT2D eigenvalue weighted by molar-refractivity contribution is 0.188. The molecule has 6 nitrogen and oxygen atoms in total. The number of nitrogens with zero attached hydrogens (tertiary/aromatic N) is 3. The number of aryl methyl sites for hydroxylation is 1. The van der Waals surface area contributed by atoms with Crippen molar-refractivity contribution in [3.63, 3.8) is 0 Å². The van der Waals surface area contributed by atoms with E-state index in [4.69, 9.17) is 26.5 Å². The van der Waals surface area contributed by atoms with Gasteiger partial charge in [0, 0.05) is 36.4 Å². The Balaban J connectivity index is 1.75. The first-order chi connectivity index (χ1) is 16.0. The van der Waals surface area contributed by atoms with Crippen molar-refractivity contribution in [1.82, 2.24) is 20.4 Å². The zero-order valence-electron chi connectivity index (χ0n) is 19.3. The number of hydrogen-bond acceptors (Lipinski definition) is 6. The number of rotatable bonds is 8. The van der Waals surface area contributed by atoms with Gasteiger partial charge in [0.2, 0.25) is 5.82 Å². The molecule has 0 saturated heterocycles. The first-order valence-corrected chi connectivity index (χ1v) is 12.5. The predicted octanol–water partition coefficient (Wildman–Crippen LogP) is 5.47. The summed E-state index contributed by atoms with van der Waals surface area (Å²) in [6.45, 7) is 5.53. The highest BCUT2D eigenvalue weighted by atomic mass is 32.2. The number of aromatic nitrogens is 2. The molecule has 8 heteroatoms. The van der Waals surface area contributed by atoms with Crippen LogP contribution in [-0.2, 0) is 4.74 Å². The van der Waals surface area contributed by atoms with E-state index in [1.807, 2.05) is 24.3 Å². The predicted molar refractivity (Wildman–Crippen MR) is 137 cm³/mol. The van der Waals surface area contributed by atoms with Crippen LogP contribution in [0.2, 0.25) is 0 Å². The van der Waals surface area contributed by atoms with Crippen LogP contribution in [-0.4, -0.2) is 46.7 Å². The quantitative estimate of drug-likeness (QED) is 0.259. The molecule has 3 aromatic rings. The number of thioether (sulfide) groups is 1. The third kappa shape index (κ3) is 5.13. The number of allylic oxidation sites excluding steroid dienone is 1. The number of methoxy groups -OCH3 is 1. The van der Waals surface area contributed by atoms with Crippen molar-refractivity contribution in [3.8, 4) is 11.4 Å². The average Bonchev–Trinajstić information content (AvgIpc) is 3.31. The van der Waals surface area contributed by atoms with Gasteiger partial charge in [0.1, 0.15) is 0 Å². The van der Waals surface area contributed by atoms with Gasteiger partial charge in [0.25, 0.3) is 5.89 Å². The van der Waals surface area contributed by atoms with Gasteiger partial charge in [-0.3, -0.25) is 0 Å². The molecule has 172 valence electrons. The average molecular weight is 481 g/mol. The van der Waals surface area contributed by atoms with Crippen molar-refractivity contribution < 1.29 is 9.26 Å². The minimum atomic E-state index is -0.182.